The summed E-state index contributed by atoms with van der Waals surface area (Å²) < 4.78 is 0. The molecule has 0 bridgehead atoms. The van der Waals surface area contributed by atoms with E-state index in [1.165, 1.54) is 11.8 Å². The molecular weight excluding hydrogens is 414 g/mol. The van der Waals surface area contributed by atoms with Crippen LogP contribution in [0, 0.1) is 5.41 Å². The second kappa shape index (κ2) is 6.39. The number of nitrogens with two attached hydrogens (primary N) is 1. The lowest BCUT2D eigenvalue weighted by Gasteiger charge is -2.12. The molecule has 2 aromatic carbocycles. The number of hydrogen-bond acceptors (Lipinski definition) is 2. The average Bonchev–Trinajstić information content (AvgIpc) is 2.63. The Morgan fingerprint density at radius 1 is 1.05 bits per heavy atom. The van der Waals surface area contributed by atoms with Crippen molar-refractivity contribution in [2.24, 2.45) is 5.73 Å². The molecule has 110 valence electrons. The van der Waals surface area contributed by atoms with E-state index in [4.69, 9.17) is 45.9 Å². The van der Waals surface area contributed by atoms with Crippen LogP contribution in [-0.4, -0.2) is 5.17 Å². The van der Waals surface area contributed by atoms with Crippen molar-refractivity contribution in [3.05, 3.63) is 56.5 Å². The van der Waals surface area contributed by atoms with Crippen molar-refractivity contribution >= 4 is 68.7 Å². The standard InChI is InChI=1S/C14H9Cl3N2S.BrH/c15-6-1-2-8-9(3-6)13(20-14(18)19)10-4-7(16)5-11(17)12(8)10;/h1-5,13H,(H3,18,19);1H. The lowest BCUT2D eigenvalue weighted by molar-refractivity contribution is 1.23. The number of thioether (sulfide) groups is 1. The maximum atomic E-state index is 7.54. The van der Waals surface area contributed by atoms with E-state index in [1.54, 1.807) is 6.07 Å². The molecule has 3 rings (SSSR count). The molecule has 2 nitrogen and oxygen atoms in total. The van der Waals surface area contributed by atoms with Crippen molar-refractivity contribution < 1.29 is 0 Å². The molecule has 21 heavy (non-hydrogen) atoms. The van der Waals surface area contributed by atoms with Crippen LogP contribution in [0.2, 0.25) is 15.1 Å². The summed E-state index contributed by atoms with van der Waals surface area (Å²) in [6, 6.07) is 9.26. The summed E-state index contributed by atoms with van der Waals surface area (Å²) in [5, 5.41) is 9.30. The van der Waals surface area contributed by atoms with E-state index in [0.717, 1.165) is 22.3 Å². The minimum atomic E-state index is -0.104. The SMILES string of the molecule is Br.N=C(N)SC1c2cc(Cl)ccc2-c2c(Cl)cc(Cl)cc21. The Morgan fingerprint density at radius 3 is 2.38 bits per heavy atom. The zero-order chi connectivity index (χ0) is 14.4. The highest BCUT2D eigenvalue weighted by atomic mass is 79.9. The largest absolute Gasteiger partial charge is 0.379 e. The molecule has 2 aromatic rings. The number of nitrogens with one attached hydrogen (secondary N) is 1. The molecule has 1 unspecified atom stereocenters. The van der Waals surface area contributed by atoms with Crippen molar-refractivity contribution in [2.45, 2.75) is 5.25 Å². The Kier molecular flexibility index (Phi) is 5.16. The van der Waals surface area contributed by atoms with Crippen molar-refractivity contribution in [1.29, 1.82) is 5.41 Å². The highest BCUT2D eigenvalue weighted by Gasteiger charge is 2.32. The molecule has 0 amide bonds. The molecule has 0 radical (unpaired) electrons. The number of hydrogen-bond donors (Lipinski definition) is 2. The van der Waals surface area contributed by atoms with Crippen LogP contribution in [-0.2, 0) is 0 Å². The highest BCUT2D eigenvalue weighted by molar-refractivity contribution is 8.93. The van der Waals surface area contributed by atoms with Crippen LogP contribution in [0.3, 0.4) is 0 Å². The number of benzene rings is 2. The van der Waals surface area contributed by atoms with E-state index in [0.29, 0.717) is 15.1 Å². The second-order valence-electron chi connectivity index (χ2n) is 4.45. The summed E-state index contributed by atoms with van der Waals surface area (Å²) in [6.07, 6.45) is 0. The summed E-state index contributed by atoms with van der Waals surface area (Å²) in [6.45, 7) is 0. The fourth-order valence-corrected chi connectivity index (χ4v) is 4.16. The fourth-order valence-electron chi connectivity index (χ4n) is 2.48. The van der Waals surface area contributed by atoms with Gasteiger partial charge in [0.15, 0.2) is 5.17 Å². The third kappa shape index (κ3) is 3.06. The Balaban J connectivity index is 0.00000161. The lowest BCUT2D eigenvalue weighted by atomic mass is 10.1. The van der Waals surface area contributed by atoms with E-state index in [-0.39, 0.29) is 27.4 Å². The van der Waals surface area contributed by atoms with Crippen LogP contribution < -0.4 is 5.73 Å². The van der Waals surface area contributed by atoms with Gasteiger partial charge in [-0.15, -0.1) is 17.0 Å². The molecule has 1 aliphatic carbocycles. The molecule has 1 aliphatic rings. The molecule has 1 atom stereocenters. The van der Waals surface area contributed by atoms with Crippen LogP contribution in [0.25, 0.3) is 11.1 Å². The molecule has 0 aliphatic heterocycles. The number of amidine groups is 1. The van der Waals surface area contributed by atoms with Gasteiger partial charge in [0, 0.05) is 15.6 Å². The van der Waals surface area contributed by atoms with Gasteiger partial charge < -0.3 is 5.73 Å². The van der Waals surface area contributed by atoms with Crippen molar-refractivity contribution in [3.63, 3.8) is 0 Å². The summed E-state index contributed by atoms with van der Waals surface area (Å²) in [5.41, 5.74) is 9.50. The van der Waals surface area contributed by atoms with E-state index in [9.17, 15) is 0 Å². The summed E-state index contributed by atoms with van der Waals surface area (Å²) in [5.74, 6) is 0. The maximum absolute atomic E-state index is 7.54. The fraction of sp³-hybridized carbons (Fsp3) is 0.0714. The Morgan fingerprint density at radius 2 is 1.71 bits per heavy atom. The number of rotatable bonds is 1. The molecule has 0 aromatic heterocycles. The lowest BCUT2D eigenvalue weighted by Crippen LogP contribution is -2.07. The smallest absolute Gasteiger partial charge is 0.151 e. The van der Waals surface area contributed by atoms with Crippen molar-refractivity contribution in [1.82, 2.24) is 0 Å². The first-order valence-electron chi connectivity index (χ1n) is 5.77. The molecule has 3 N–H and O–H groups in total. The number of halogens is 4. The predicted molar refractivity (Wildman–Crippen MR) is 98.6 cm³/mol. The van der Waals surface area contributed by atoms with Crippen LogP contribution in [0.5, 0.6) is 0 Å². The molecule has 0 saturated heterocycles. The molecule has 0 spiro atoms. The Hall–Kier alpha value is -0.390. The van der Waals surface area contributed by atoms with Crippen LogP contribution in [0.4, 0.5) is 0 Å². The van der Waals surface area contributed by atoms with Crippen molar-refractivity contribution in [3.8, 4) is 11.1 Å². The van der Waals surface area contributed by atoms with Gasteiger partial charge >= 0.3 is 0 Å². The predicted octanol–water partition coefficient (Wildman–Crippen LogP) is 5.92. The minimum Gasteiger partial charge on any atom is -0.379 e. The third-order valence-electron chi connectivity index (χ3n) is 3.18. The average molecular weight is 425 g/mol. The van der Waals surface area contributed by atoms with Gasteiger partial charge in [0.05, 0.1) is 10.3 Å². The summed E-state index contributed by atoms with van der Waals surface area (Å²) in [7, 11) is 0. The van der Waals surface area contributed by atoms with Gasteiger partial charge in [-0.25, -0.2) is 0 Å². The zero-order valence-corrected chi connectivity index (χ0v) is 15.3. The molecule has 0 heterocycles. The Bertz CT molecular complexity index is 736. The van der Waals surface area contributed by atoms with Gasteiger partial charge in [-0.1, -0.05) is 52.6 Å². The highest BCUT2D eigenvalue weighted by Crippen LogP contribution is 2.53. The van der Waals surface area contributed by atoms with Gasteiger partial charge in [-0.05, 0) is 41.0 Å². The van der Waals surface area contributed by atoms with Gasteiger partial charge in [0.1, 0.15) is 0 Å². The van der Waals surface area contributed by atoms with E-state index in [2.05, 4.69) is 0 Å². The van der Waals surface area contributed by atoms with Crippen LogP contribution >= 0.6 is 63.5 Å². The third-order valence-corrected chi connectivity index (χ3v) is 4.93. The van der Waals surface area contributed by atoms with Gasteiger partial charge in [0.25, 0.3) is 0 Å². The van der Waals surface area contributed by atoms with E-state index < -0.39 is 0 Å². The molecule has 7 heteroatoms. The molecular formula is C14H10BrCl3N2S. The van der Waals surface area contributed by atoms with Gasteiger partial charge in [0.2, 0.25) is 0 Å². The van der Waals surface area contributed by atoms with Crippen LogP contribution in [0.1, 0.15) is 16.4 Å². The quantitative estimate of drug-likeness (QED) is 0.441. The zero-order valence-electron chi connectivity index (χ0n) is 10.5. The summed E-state index contributed by atoms with van der Waals surface area (Å²) >= 11 is 19.8. The normalized spacial score (nSPS) is 15.1. The van der Waals surface area contributed by atoms with Crippen LogP contribution in [0.15, 0.2) is 30.3 Å². The molecule has 0 saturated carbocycles. The van der Waals surface area contributed by atoms with E-state index >= 15 is 0 Å². The summed E-state index contributed by atoms with van der Waals surface area (Å²) in [4.78, 5) is 0. The first-order chi connectivity index (χ1) is 9.47. The minimum absolute atomic E-state index is 0. The monoisotopic (exact) mass is 422 g/mol. The molecule has 0 fully saturated rings. The first kappa shape index (κ1) is 17.0. The second-order valence-corrected chi connectivity index (χ2v) is 6.87. The Labute approximate surface area is 152 Å². The van der Waals surface area contributed by atoms with Crippen molar-refractivity contribution in [2.75, 3.05) is 0 Å². The topological polar surface area (TPSA) is 49.9 Å². The first-order valence-corrected chi connectivity index (χ1v) is 7.78. The number of fused-ring (bicyclic) bond motifs is 3. The van der Waals surface area contributed by atoms with Gasteiger partial charge in [-0.3, -0.25) is 5.41 Å². The van der Waals surface area contributed by atoms with Gasteiger partial charge in [-0.2, -0.15) is 0 Å². The maximum Gasteiger partial charge on any atom is 0.151 e. The van der Waals surface area contributed by atoms with E-state index in [1.807, 2.05) is 24.3 Å².